The van der Waals surface area contributed by atoms with Crippen molar-refractivity contribution in [2.75, 3.05) is 31.8 Å². The second kappa shape index (κ2) is 8.54. The topological polar surface area (TPSA) is 65.1 Å². The Balaban J connectivity index is 1.31. The molecule has 1 amide bonds. The first-order valence-corrected chi connectivity index (χ1v) is 12.1. The van der Waals surface area contributed by atoms with Crippen molar-refractivity contribution in [3.05, 3.63) is 88.5 Å². The first-order valence-electron chi connectivity index (χ1n) is 12.1. The zero-order chi connectivity index (χ0) is 24.0. The normalized spacial score (nSPS) is 19.3. The van der Waals surface area contributed by atoms with Crippen LogP contribution in [0.25, 0.3) is 0 Å². The molecule has 3 aromatic carbocycles. The molecule has 0 saturated carbocycles. The fourth-order valence-electron chi connectivity index (χ4n) is 5.51. The minimum absolute atomic E-state index is 0.0241. The average molecular weight is 470 g/mol. The Kier molecular flexibility index (Phi) is 5.33. The molecular weight excluding hydrogens is 442 g/mol. The maximum atomic E-state index is 14.1. The Morgan fingerprint density at radius 2 is 1.86 bits per heavy atom. The number of nitrogens with zero attached hydrogens (tertiary/aromatic N) is 1. The Morgan fingerprint density at radius 3 is 2.69 bits per heavy atom. The molecule has 0 fully saturated rings. The van der Waals surface area contributed by atoms with Crippen molar-refractivity contribution >= 4 is 17.4 Å². The lowest BCUT2D eigenvalue weighted by Gasteiger charge is -2.23. The molecule has 6 heteroatoms. The van der Waals surface area contributed by atoms with Gasteiger partial charge in [0.1, 0.15) is 23.5 Å². The smallest absolute Gasteiger partial charge is 0.246 e. The van der Waals surface area contributed by atoms with Crippen LogP contribution in [-0.2, 0) is 27.9 Å². The number of ketones is 1. The molecule has 0 aromatic heterocycles. The van der Waals surface area contributed by atoms with Gasteiger partial charge >= 0.3 is 0 Å². The molecular formula is C29H27NO5. The molecule has 0 N–H and O–H groups in total. The molecule has 0 radical (unpaired) electrons. The number of carbonyl (C=O) groups excluding carboxylic acids is 2. The highest BCUT2D eigenvalue weighted by Crippen LogP contribution is 2.54. The summed E-state index contributed by atoms with van der Waals surface area (Å²) in [4.78, 5) is 28.4. The van der Waals surface area contributed by atoms with Crippen molar-refractivity contribution in [3.63, 3.8) is 0 Å². The minimum atomic E-state index is -0.846. The Labute approximate surface area is 204 Å². The number of para-hydroxylation sites is 1. The van der Waals surface area contributed by atoms with E-state index < -0.39 is 5.41 Å². The van der Waals surface area contributed by atoms with E-state index in [0.717, 1.165) is 45.9 Å². The van der Waals surface area contributed by atoms with Crippen molar-refractivity contribution in [2.24, 2.45) is 0 Å². The molecule has 0 aliphatic carbocycles. The molecule has 6 rings (SSSR count). The quantitative estimate of drug-likeness (QED) is 0.378. The minimum Gasteiger partial charge on any atom is -0.493 e. The summed E-state index contributed by atoms with van der Waals surface area (Å²) in [5, 5.41) is 0. The molecule has 1 spiro atoms. The predicted molar refractivity (Wildman–Crippen MR) is 131 cm³/mol. The van der Waals surface area contributed by atoms with Crippen LogP contribution in [0.1, 0.15) is 45.5 Å². The van der Waals surface area contributed by atoms with E-state index in [1.54, 1.807) is 7.11 Å². The SMILES string of the molecule is COCCCC(=O)c1ccc(CN2C(=O)C3(COc4cc5c(cc43)CCO5)c3ccccc32)cc1. The molecule has 1 atom stereocenters. The first kappa shape index (κ1) is 21.9. The molecule has 0 bridgehead atoms. The standard InChI is InChI=1S/C29H27NO5/c1-33-13-4-7-25(31)20-10-8-19(9-11-20)17-30-24-6-3-2-5-22(24)29(28(30)32)18-35-27-16-26-21(12-14-34-26)15-23(27)29/h2-3,5-6,8-11,15-16H,4,7,12-14,17-18H2,1H3. The molecule has 3 aliphatic rings. The lowest BCUT2D eigenvalue weighted by Crippen LogP contribution is -2.42. The van der Waals surface area contributed by atoms with Crippen LogP contribution in [0.2, 0.25) is 0 Å². The van der Waals surface area contributed by atoms with Gasteiger partial charge in [-0.3, -0.25) is 9.59 Å². The van der Waals surface area contributed by atoms with Gasteiger partial charge in [-0.15, -0.1) is 0 Å². The van der Waals surface area contributed by atoms with Crippen molar-refractivity contribution in [1.82, 2.24) is 0 Å². The molecule has 35 heavy (non-hydrogen) atoms. The van der Waals surface area contributed by atoms with Gasteiger partial charge in [0.15, 0.2) is 5.78 Å². The van der Waals surface area contributed by atoms with Gasteiger partial charge < -0.3 is 19.1 Å². The summed E-state index contributed by atoms with van der Waals surface area (Å²) >= 11 is 0. The first-order chi connectivity index (χ1) is 17.1. The summed E-state index contributed by atoms with van der Waals surface area (Å²) in [6, 6.07) is 19.6. The predicted octanol–water partition coefficient (Wildman–Crippen LogP) is 4.46. The number of benzene rings is 3. The van der Waals surface area contributed by atoms with E-state index in [4.69, 9.17) is 14.2 Å². The third kappa shape index (κ3) is 3.43. The zero-order valence-electron chi connectivity index (χ0n) is 19.7. The van der Waals surface area contributed by atoms with E-state index in [2.05, 4.69) is 6.07 Å². The van der Waals surface area contributed by atoms with Crippen LogP contribution >= 0.6 is 0 Å². The Hall–Kier alpha value is -3.64. The van der Waals surface area contributed by atoms with Gasteiger partial charge in [0.25, 0.3) is 0 Å². The summed E-state index contributed by atoms with van der Waals surface area (Å²) in [5.74, 6) is 1.71. The number of anilines is 1. The number of methoxy groups -OCH3 is 1. The lowest BCUT2D eigenvalue weighted by atomic mass is 9.76. The number of ether oxygens (including phenoxy) is 3. The summed E-state index contributed by atoms with van der Waals surface area (Å²) in [7, 11) is 1.64. The molecule has 6 nitrogen and oxygen atoms in total. The van der Waals surface area contributed by atoms with Gasteiger partial charge in [-0.25, -0.2) is 0 Å². The van der Waals surface area contributed by atoms with E-state index in [1.165, 1.54) is 0 Å². The lowest BCUT2D eigenvalue weighted by molar-refractivity contribution is -0.122. The molecule has 1 unspecified atom stereocenters. The van der Waals surface area contributed by atoms with Gasteiger partial charge in [0.2, 0.25) is 5.91 Å². The van der Waals surface area contributed by atoms with Crippen LogP contribution in [0.5, 0.6) is 11.5 Å². The molecule has 3 aliphatic heterocycles. The van der Waals surface area contributed by atoms with Crippen LogP contribution in [-0.4, -0.2) is 38.6 Å². The maximum Gasteiger partial charge on any atom is 0.246 e. The van der Waals surface area contributed by atoms with E-state index in [9.17, 15) is 9.59 Å². The highest BCUT2D eigenvalue weighted by Gasteiger charge is 2.57. The molecule has 3 heterocycles. The summed E-state index contributed by atoms with van der Waals surface area (Å²) < 4.78 is 16.9. The highest BCUT2D eigenvalue weighted by atomic mass is 16.5. The third-order valence-corrected chi connectivity index (χ3v) is 7.33. The number of hydrogen-bond acceptors (Lipinski definition) is 5. The number of amides is 1. The number of carbonyl (C=O) groups is 2. The van der Waals surface area contributed by atoms with Crippen molar-refractivity contribution in [2.45, 2.75) is 31.2 Å². The van der Waals surface area contributed by atoms with Crippen molar-refractivity contribution < 1.29 is 23.8 Å². The van der Waals surface area contributed by atoms with Crippen LogP contribution in [0.4, 0.5) is 5.69 Å². The van der Waals surface area contributed by atoms with E-state index in [0.29, 0.717) is 38.2 Å². The second-order valence-corrected chi connectivity index (χ2v) is 9.37. The van der Waals surface area contributed by atoms with Crippen LogP contribution in [0.15, 0.2) is 60.7 Å². The Bertz CT molecular complexity index is 1320. The number of hydrogen-bond donors (Lipinski definition) is 0. The summed E-state index contributed by atoms with van der Waals surface area (Å²) in [5.41, 5.74) is 4.75. The number of rotatable bonds is 7. The van der Waals surface area contributed by atoms with Gasteiger partial charge in [-0.2, -0.15) is 0 Å². The number of fused-ring (bicyclic) bond motifs is 5. The molecule has 178 valence electrons. The van der Waals surface area contributed by atoms with Crippen molar-refractivity contribution in [1.29, 1.82) is 0 Å². The maximum absolute atomic E-state index is 14.1. The largest absolute Gasteiger partial charge is 0.493 e. The Morgan fingerprint density at radius 1 is 1.03 bits per heavy atom. The molecule has 0 saturated heterocycles. The average Bonchev–Trinajstić information content (AvgIpc) is 3.56. The van der Waals surface area contributed by atoms with Gasteiger partial charge in [-0.1, -0.05) is 42.5 Å². The van der Waals surface area contributed by atoms with Crippen molar-refractivity contribution in [3.8, 4) is 11.5 Å². The number of Topliss-reactive ketones (excluding diaryl/α,β-unsaturated/α-hetero) is 1. The summed E-state index contributed by atoms with van der Waals surface area (Å²) in [6.45, 7) is 1.95. The van der Waals surface area contributed by atoms with Gasteiger partial charge in [0, 0.05) is 49.4 Å². The highest BCUT2D eigenvalue weighted by molar-refractivity contribution is 6.11. The fraction of sp³-hybridized carbons (Fsp3) is 0.310. The summed E-state index contributed by atoms with van der Waals surface area (Å²) in [6.07, 6.45) is 2.01. The van der Waals surface area contributed by atoms with Gasteiger partial charge in [-0.05, 0) is 35.2 Å². The molecule has 3 aromatic rings. The van der Waals surface area contributed by atoms with Crippen LogP contribution in [0.3, 0.4) is 0 Å². The van der Waals surface area contributed by atoms with E-state index in [-0.39, 0.29) is 18.3 Å². The third-order valence-electron chi connectivity index (χ3n) is 7.33. The van der Waals surface area contributed by atoms with E-state index in [1.807, 2.05) is 59.5 Å². The second-order valence-electron chi connectivity index (χ2n) is 9.37. The fourth-order valence-corrected chi connectivity index (χ4v) is 5.51. The van der Waals surface area contributed by atoms with E-state index >= 15 is 0 Å². The van der Waals surface area contributed by atoms with Crippen LogP contribution in [0, 0.1) is 0 Å². The monoisotopic (exact) mass is 469 g/mol. The van der Waals surface area contributed by atoms with Crippen LogP contribution < -0.4 is 14.4 Å². The zero-order valence-corrected chi connectivity index (χ0v) is 19.7. The van der Waals surface area contributed by atoms with Gasteiger partial charge in [0.05, 0.1) is 13.2 Å².